The molecule has 0 N–H and O–H groups in total. The van der Waals surface area contributed by atoms with Crippen LogP contribution in [0.25, 0.3) is 11.1 Å². The van der Waals surface area contributed by atoms with Crippen molar-refractivity contribution in [2.24, 2.45) is 0 Å². The van der Waals surface area contributed by atoms with Gasteiger partial charge in [-0.3, -0.25) is 9.69 Å². The third-order valence-corrected chi connectivity index (χ3v) is 5.34. The second-order valence-corrected chi connectivity index (χ2v) is 8.04. The van der Waals surface area contributed by atoms with Crippen molar-refractivity contribution < 1.29 is 4.79 Å². The molecule has 0 bridgehead atoms. The first kappa shape index (κ1) is 20.5. The minimum atomic E-state index is -0.0402. The highest BCUT2D eigenvalue weighted by Crippen LogP contribution is 2.30. The Hall–Kier alpha value is -2.20. The Morgan fingerprint density at radius 3 is 2.29 bits per heavy atom. The van der Waals surface area contributed by atoms with Gasteiger partial charge in [-0.1, -0.05) is 70.0 Å². The Morgan fingerprint density at radius 1 is 1.04 bits per heavy atom. The molecule has 0 aliphatic carbocycles. The molecule has 142 valence electrons. The van der Waals surface area contributed by atoms with Gasteiger partial charge in [0, 0.05) is 39.3 Å². The maximum Gasteiger partial charge on any atom is 0.193 e. The molecule has 2 nitrogen and oxygen atoms in total. The molecule has 0 fully saturated rings. The van der Waals surface area contributed by atoms with E-state index in [0.29, 0.717) is 16.1 Å². The zero-order valence-corrected chi connectivity index (χ0v) is 18.0. The zero-order chi connectivity index (χ0) is 20.1. The number of hydrogen-bond donors (Lipinski definition) is 0. The molecule has 0 unspecified atom stereocenters. The molecule has 3 aromatic carbocycles. The summed E-state index contributed by atoms with van der Waals surface area (Å²) in [5.74, 6) is -0.0402. The fraction of sp³-hybridized carbons (Fsp3) is 0.125. The second-order valence-electron chi connectivity index (χ2n) is 6.71. The third-order valence-electron chi connectivity index (χ3n) is 4.50. The van der Waals surface area contributed by atoms with Crippen molar-refractivity contribution in [1.29, 1.82) is 0 Å². The van der Waals surface area contributed by atoms with E-state index >= 15 is 0 Å². The second kappa shape index (κ2) is 9.33. The molecule has 0 saturated carbocycles. The fourth-order valence-electron chi connectivity index (χ4n) is 3.04. The number of hydrogen-bond acceptors (Lipinski definition) is 2. The molecule has 28 heavy (non-hydrogen) atoms. The summed E-state index contributed by atoms with van der Waals surface area (Å²) in [6.45, 7) is 5.48. The van der Waals surface area contributed by atoms with Gasteiger partial charge in [0.2, 0.25) is 0 Å². The number of benzene rings is 3. The zero-order valence-electron chi connectivity index (χ0n) is 15.7. The van der Waals surface area contributed by atoms with Crippen molar-refractivity contribution in [2.75, 3.05) is 13.6 Å². The van der Waals surface area contributed by atoms with Gasteiger partial charge in [-0.25, -0.2) is 0 Å². The Kier molecular flexibility index (Phi) is 6.84. The molecular weight excluding hydrogens is 434 g/mol. The first-order valence-electron chi connectivity index (χ1n) is 8.96. The standard InChI is InChI=1S/C24H21BrClNO/c1-3-14-27(2)16-17-4-6-18(7-5-17)22-13-10-20(15-23(22)26)24(28)19-8-11-21(25)12-9-19/h3-13,15H,1,14,16H2,2H3. The molecule has 4 heteroatoms. The van der Waals surface area contributed by atoms with Crippen LogP contribution in [0, 0.1) is 0 Å². The van der Waals surface area contributed by atoms with E-state index in [1.807, 2.05) is 30.3 Å². The predicted molar refractivity (Wildman–Crippen MR) is 121 cm³/mol. The highest BCUT2D eigenvalue weighted by molar-refractivity contribution is 9.10. The minimum absolute atomic E-state index is 0.0402. The molecule has 0 heterocycles. The maximum atomic E-state index is 12.7. The lowest BCUT2D eigenvalue weighted by atomic mass is 9.98. The van der Waals surface area contributed by atoms with Crippen LogP contribution in [0.4, 0.5) is 0 Å². The highest BCUT2D eigenvalue weighted by Gasteiger charge is 2.12. The topological polar surface area (TPSA) is 20.3 Å². The normalized spacial score (nSPS) is 10.9. The van der Waals surface area contributed by atoms with Crippen LogP contribution in [-0.4, -0.2) is 24.3 Å². The molecule has 0 radical (unpaired) electrons. The van der Waals surface area contributed by atoms with Gasteiger partial charge in [-0.15, -0.1) is 6.58 Å². The summed E-state index contributed by atoms with van der Waals surface area (Å²) in [5, 5.41) is 0.569. The average Bonchev–Trinajstić information content (AvgIpc) is 2.69. The monoisotopic (exact) mass is 453 g/mol. The molecule has 0 spiro atoms. The van der Waals surface area contributed by atoms with Crippen LogP contribution in [0.5, 0.6) is 0 Å². The SMILES string of the molecule is C=CCN(C)Cc1ccc(-c2ccc(C(=O)c3ccc(Br)cc3)cc2Cl)cc1. The van der Waals surface area contributed by atoms with Gasteiger partial charge in [0.15, 0.2) is 5.78 Å². The van der Waals surface area contributed by atoms with E-state index in [1.54, 1.807) is 18.2 Å². The van der Waals surface area contributed by atoms with Gasteiger partial charge in [0.25, 0.3) is 0 Å². The summed E-state index contributed by atoms with van der Waals surface area (Å²) in [5.41, 5.74) is 4.40. The van der Waals surface area contributed by atoms with E-state index < -0.39 is 0 Å². The van der Waals surface area contributed by atoms with E-state index in [9.17, 15) is 4.79 Å². The Balaban J connectivity index is 1.79. The lowest BCUT2D eigenvalue weighted by Crippen LogP contribution is -2.17. The third kappa shape index (κ3) is 4.99. The Bertz CT molecular complexity index is 980. The number of nitrogens with zero attached hydrogens (tertiary/aromatic N) is 1. The number of carbonyl (C=O) groups is 1. The number of carbonyl (C=O) groups excluding carboxylic acids is 1. The van der Waals surface area contributed by atoms with E-state index in [0.717, 1.165) is 28.7 Å². The summed E-state index contributed by atoms with van der Waals surface area (Å²) >= 11 is 9.89. The van der Waals surface area contributed by atoms with Crippen molar-refractivity contribution in [1.82, 2.24) is 4.90 Å². The first-order chi connectivity index (χ1) is 13.5. The minimum Gasteiger partial charge on any atom is -0.298 e. The summed E-state index contributed by atoms with van der Waals surface area (Å²) in [6, 6.07) is 21.1. The largest absolute Gasteiger partial charge is 0.298 e. The van der Waals surface area contributed by atoms with Crippen LogP contribution in [0.15, 0.2) is 83.9 Å². The van der Waals surface area contributed by atoms with Crippen molar-refractivity contribution in [2.45, 2.75) is 6.54 Å². The van der Waals surface area contributed by atoms with Gasteiger partial charge in [-0.2, -0.15) is 0 Å². The van der Waals surface area contributed by atoms with Gasteiger partial charge in [0.05, 0.1) is 0 Å². The predicted octanol–water partition coefficient (Wildman–Crippen LogP) is 6.62. The van der Waals surface area contributed by atoms with Crippen molar-refractivity contribution in [3.63, 3.8) is 0 Å². The van der Waals surface area contributed by atoms with Crippen molar-refractivity contribution >= 4 is 33.3 Å². The van der Waals surface area contributed by atoms with Crippen molar-refractivity contribution in [3.8, 4) is 11.1 Å². The Labute approximate surface area is 179 Å². The van der Waals surface area contributed by atoms with E-state index in [1.165, 1.54) is 5.56 Å². The molecule has 3 rings (SSSR count). The first-order valence-corrected chi connectivity index (χ1v) is 10.1. The molecule has 0 aliphatic rings. The van der Waals surface area contributed by atoms with Gasteiger partial charge < -0.3 is 0 Å². The van der Waals surface area contributed by atoms with Crippen LogP contribution in [0.1, 0.15) is 21.5 Å². The number of halogens is 2. The number of likely N-dealkylation sites (N-methyl/N-ethyl adjacent to an activating group) is 1. The van der Waals surface area contributed by atoms with Crippen LogP contribution in [0.2, 0.25) is 5.02 Å². The summed E-state index contributed by atoms with van der Waals surface area (Å²) in [7, 11) is 2.06. The molecular formula is C24H21BrClNO. The smallest absolute Gasteiger partial charge is 0.193 e. The van der Waals surface area contributed by atoms with Crippen molar-refractivity contribution in [3.05, 3.63) is 106 Å². The molecule has 3 aromatic rings. The summed E-state index contributed by atoms with van der Waals surface area (Å²) in [4.78, 5) is 14.9. The van der Waals surface area contributed by atoms with Gasteiger partial charge in [0.1, 0.15) is 0 Å². The molecule has 0 aromatic heterocycles. The lowest BCUT2D eigenvalue weighted by molar-refractivity contribution is 0.103. The molecule has 0 amide bonds. The van der Waals surface area contributed by atoms with E-state index in [-0.39, 0.29) is 5.78 Å². The van der Waals surface area contributed by atoms with Gasteiger partial charge in [-0.05, 0) is 48.5 Å². The quantitative estimate of drug-likeness (QED) is 0.295. The molecule has 0 aliphatic heterocycles. The number of ketones is 1. The Morgan fingerprint density at radius 2 is 1.68 bits per heavy atom. The maximum absolute atomic E-state index is 12.7. The van der Waals surface area contributed by atoms with Crippen LogP contribution in [-0.2, 0) is 6.54 Å². The summed E-state index contributed by atoms with van der Waals surface area (Å²) in [6.07, 6.45) is 1.89. The average molecular weight is 455 g/mol. The number of rotatable bonds is 7. The van der Waals surface area contributed by atoms with Crippen LogP contribution in [0.3, 0.4) is 0 Å². The van der Waals surface area contributed by atoms with E-state index in [2.05, 4.69) is 58.7 Å². The fourth-order valence-corrected chi connectivity index (χ4v) is 3.60. The van der Waals surface area contributed by atoms with E-state index in [4.69, 9.17) is 11.6 Å². The molecule has 0 atom stereocenters. The van der Waals surface area contributed by atoms with Crippen LogP contribution >= 0.6 is 27.5 Å². The van der Waals surface area contributed by atoms with Crippen LogP contribution < -0.4 is 0 Å². The highest BCUT2D eigenvalue weighted by atomic mass is 79.9. The molecule has 0 saturated heterocycles. The van der Waals surface area contributed by atoms with Gasteiger partial charge >= 0.3 is 0 Å². The lowest BCUT2D eigenvalue weighted by Gasteiger charge is -2.14. The summed E-state index contributed by atoms with van der Waals surface area (Å²) < 4.78 is 0.941.